The molecule has 4 heteroatoms. The Morgan fingerprint density at radius 3 is 2.15 bits per heavy atom. The zero-order chi connectivity index (χ0) is 19.1. The van der Waals surface area contributed by atoms with E-state index < -0.39 is 5.82 Å². The molecule has 136 valence electrons. The van der Waals surface area contributed by atoms with E-state index in [1.54, 1.807) is 19.2 Å². The summed E-state index contributed by atoms with van der Waals surface area (Å²) >= 11 is 5.75. The van der Waals surface area contributed by atoms with Crippen LogP contribution in [0.5, 0.6) is 5.75 Å². The Morgan fingerprint density at radius 2 is 1.52 bits per heavy atom. The third-order valence-electron chi connectivity index (χ3n) is 3.90. The van der Waals surface area contributed by atoms with Crippen LogP contribution in [0.15, 0.2) is 66.7 Å². The first-order chi connectivity index (χ1) is 13.2. The van der Waals surface area contributed by atoms with Crippen LogP contribution in [0.25, 0.3) is 11.1 Å². The van der Waals surface area contributed by atoms with E-state index >= 15 is 0 Å². The van der Waals surface area contributed by atoms with Crippen molar-refractivity contribution in [2.45, 2.75) is 0 Å². The molecule has 0 radical (unpaired) electrons. The zero-order valence-electron chi connectivity index (χ0n) is 14.8. The van der Waals surface area contributed by atoms with Crippen molar-refractivity contribution in [3.05, 3.63) is 88.7 Å². The van der Waals surface area contributed by atoms with Gasteiger partial charge in [-0.2, -0.15) is 0 Å². The maximum absolute atomic E-state index is 13.8. The summed E-state index contributed by atoms with van der Waals surface area (Å²) in [6.45, 7) is 1.08. The van der Waals surface area contributed by atoms with Gasteiger partial charge in [0.25, 0.3) is 0 Å². The van der Waals surface area contributed by atoms with Gasteiger partial charge in [-0.3, -0.25) is 0 Å². The van der Waals surface area contributed by atoms with E-state index in [1.165, 1.54) is 6.07 Å². The van der Waals surface area contributed by atoms with E-state index in [0.29, 0.717) is 23.8 Å². The van der Waals surface area contributed by atoms with Crippen molar-refractivity contribution in [2.24, 2.45) is 0 Å². The van der Waals surface area contributed by atoms with Crippen molar-refractivity contribution in [1.29, 1.82) is 0 Å². The lowest BCUT2D eigenvalue weighted by Gasteiger charge is -2.07. The van der Waals surface area contributed by atoms with E-state index in [-0.39, 0.29) is 0 Å². The third-order valence-corrected chi connectivity index (χ3v) is 4.14. The highest BCUT2D eigenvalue weighted by atomic mass is 35.5. The van der Waals surface area contributed by atoms with Gasteiger partial charge in [-0.1, -0.05) is 47.7 Å². The molecule has 0 spiro atoms. The first-order valence-electron chi connectivity index (χ1n) is 8.45. The molecule has 3 aromatic carbocycles. The van der Waals surface area contributed by atoms with E-state index in [2.05, 4.69) is 11.8 Å². The van der Waals surface area contributed by atoms with Gasteiger partial charge in [-0.25, -0.2) is 4.39 Å². The molecule has 0 aliphatic carbocycles. The maximum atomic E-state index is 13.8. The van der Waals surface area contributed by atoms with Crippen LogP contribution in [-0.2, 0) is 4.74 Å². The average molecular weight is 381 g/mol. The molecule has 0 unspecified atom stereocenters. The molecule has 27 heavy (non-hydrogen) atoms. The molecule has 0 saturated heterocycles. The third kappa shape index (κ3) is 5.34. The fourth-order valence-electron chi connectivity index (χ4n) is 2.46. The van der Waals surface area contributed by atoms with Gasteiger partial charge in [-0.05, 0) is 53.6 Å². The van der Waals surface area contributed by atoms with Crippen molar-refractivity contribution in [3.63, 3.8) is 0 Å². The Morgan fingerprint density at radius 1 is 0.852 bits per heavy atom. The van der Waals surface area contributed by atoms with Crippen LogP contribution < -0.4 is 4.74 Å². The van der Waals surface area contributed by atoms with Gasteiger partial charge in [0, 0.05) is 17.7 Å². The highest BCUT2D eigenvalue weighted by molar-refractivity contribution is 6.30. The normalized spacial score (nSPS) is 10.2. The van der Waals surface area contributed by atoms with Gasteiger partial charge in [0.05, 0.1) is 12.2 Å². The Balaban J connectivity index is 1.69. The Labute approximate surface area is 163 Å². The Bertz CT molecular complexity index is 954. The van der Waals surface area contributed by atoms with E-state index in [9.17, 15) is 4.39 Å². The van der Waals surface area contributed by atoms with E-state index in [1.807, 2.05) is 48.5 Å². The summed E-state index contributed by atoms with van der Waals surface area (Å²) in [5.74, 6) is 6.20. The maximum Gasteiger partial charge on any atom is 0.140 e. The highest BCUT2D eigenvalue weighted by Crippen LogP contribution is 2.23. The van der Waals surface area contributed by atoms with Crippen LogP contribution in [0.2, 0.25) is 5.02 Å². The molecule has 0 aromatic heterocycles. The quantitative estimate of drug-likeness (QED) is 0.425. The molecule has 0 amide bonds. The molecular weight excluding hydrogens is 363 g/mol. The summed E-state index contributed by atoms with van der Waals surface area (Å²) in [6, 6.07) is 20.2. The molecule has 0 heterocycles. The molecule has 0 aliphatic heterocycles. The van der Waals surface area contributed by atoms with Gasteiger partial charge >= 0.3 is 0 Å². The number of methoxy groups -OCH3 is 1. The van der Waals surface area contributed by atoms with Gasteiger partial charge < -0.3 is 9.47 Å². The molecule has 0 N–H and O–H groups in total. The average Bonchev–Trinajstić information content (AvgIpc) is 2.69. The van der Waals surface area contributed by atoms with Crippen molar-refractivity contribution < 1.29 is 13.9 Å². The SMILES string of the molecule is COCCOc1ccc(-c2ccc(C#Cc3ccc(Cl)cc3F)cc2)cc1. The standard InChI is InChI=1S/C23H18ClFO2/c1-26-14-15-27-22-12-9-19(10-13-22)18-5-2-17(3-6-18)4-7-20-8-11-21(24)16-23(20)25/h2-3,5-6,8-13,16H,14-15H2,1H3. The second kappa shape index (κ2) is 9.23. The van der Waals surface area contributed by atoms with Gasteiger partial charge in [0.1, 0.15) is 18.2 Å². The minimum atomic E-state index is -0.417. The fraction of sp³-hybridized carbons (Fsp3) is 0.130. The molecule has 2 nitrogen and oxygen atoms in total. The summed E-state index contributed by atoms with van der Waals surface area (Å²) in [4.78, 5) is 0. The van der Waals surface area contributed by atoms with E-state index in [4.69, 9.17) is 21.1 Å². The lowest BCUT2D eigenvalue weighted by Crippen LogP contribution is -2.03. The molecule has 3 aromatic rings. The summed E-state index contributed by atoms with van der Waals surface area (Å²) in [5, 5.41) is 0.359. The molecule has 0 atom stereocenters. The van der Waals surface area contributed by atoms with Crippen molar-refractivity contribution in [1.82, 2.24) is 0 Å². The molecule has 0 fully saturated rings. The number of hydrogen-bond acceptors (Lipinski definition) is 2. The zero-order valence-corrected chi connectivity index (χ0v) is 15.6. The summed E-state index contributed by atoms with van der Waals surface area (Å²) in [6.07, 6.45) is 0. The second-order valence-corrected chi connectivity index (χ2v) is 6.25. The molecule has 3 rings (SSSR count). The Kier molecular flexibility index (Phi) is 6.49. The molecular formula is C23H18ClFO2. The van der Waals surface area contributed by atoms with Crippen LogP contribution in [-0.4, -0.2) is 20.3 Å². The number of halogens is 2. The number of ether oxygens (including phenoxy) is 2. The summed E-state index contributed by atoms with van der Waals surface area (Å²) in [5.41, 5.74) is 3.29. The van der Waals surface area contributed by atoms with E-state index in [0.717, 1.165) is 22.4 Å². The first kappa shape index (κ1) is 19.0. The van der Waals surface area contributed by atoms with Crippen LogP contribution in [0, 0.1) is 17.7 Å². The monoisotopic (exact) mass is 380 g/mol. The lowest BCUT2D eigenvalue weighted by atomic mass is 10.0. The highest BCUT2D eigenvalue weighted by Gasteiger charge is 2.01. The van der Waals surface area contributed by atoms with Crippen LogP contribution >= 0.6 is 11.6 Å². The molecule has 0 bridgehead atoms. The van der Waals surface area contributed by atoms with Gasteiger partial charge in [0.2, 0.25) is 0 Å². The van der Waals surface area contributed by atoms with Crippen LogP contribution in [0.1, 0.15) is 11.1 Å². The van der Waals surface area contributed by atoms with Crippen molar-refractivity contribution in [2.75, 3.05) is 20.3 Å². The minimum Gasteiger partial charge on any atom is -0.491 e. The summed E-state index contributed by atoms with van der Waals surface area (Å²) in [7, 11) is 1.65. The van der Waals surface area contributed by atoms with Gasteiger partial charge in [-0.15, -0.1) is 0 Å². The topological polar surface area (TPSA) is 18.5 Å². The predicted molar refractivity (Wildman–Crippen MR) is 107 cm³/mol. The molecule has 0 aliphatic rings. The fourth-order valence-corrected chi connectivity index (χ4v) is 2.62. The van der Waals surface area contributed by atoms with Gasteiger partial charge in [0.15, 0.2) is 0 Å². The number of rotatable bonds is 5. The largest absolute Gasteiger partial charge is 0.491 e. The Hall–Kier alpha value is -2.80. The minimum absolute atomic E-state index is 0.326. The lowest BCUT2D eigenvalue weighted by molar-refractivity contribution is 0.146. The number of hydrogen-bond donors (Lipinski definition) is 0. The first-order valence-corrected chi connectivity index (χ1v) is 8.83. The smallest absolute Gasteiger partial charge is 0.140 e. The van der Waals surface area contributed by atoms with Crippen molar-refractivity contribution >= 4 is 11.6 Å². The van der Waals surface area contributed by atoms with Crippen LogP contribution in [0.4, 0.5) is 4.39 Å². The summed E-state index contributed by atoms with van der Waals surface area (Å²) < 4.78 is 24.3. The number of benzene rings is 3. The van der Waals surface area contributed by atoms with Crippen molar-refractivity contribution in [3.8, 4) is 28.7 Å². The molecule has 0 saturated carbocycles. The predicted octanol–water partition coefficient (Wildman–Crippen LogP) is 5.57. The second-order valence-electron chi connectivity index (χ2n) is 5.82. The van der Waals surface area contributed by atoms with Crippen LogP contribution in [0.3, 0.4) is 0 Å².